The predicted octanol–water partition coefficient (Wildman–Crippen LogP) is 2.81. The first-order valence-electron chi connectivity index (χ1n) is 7.45. The highest BCUT2D eigenvalue weighted by atomic mass is 35.5. The van der Waals surface area contributed by atoms with Gasteiger partial charge in [-0.25, -0.2) is 14.8 Å². The van der Waals surface area contributed by atoms with E-state index in [1.807, 2.05) is 26.8 Å². The predicted molar refractivity (Wildman–Crippen MR) is 86.2 cm³/mol. The van der Waals surface area contributed by atoms with Crippen molar-refractivity contribution in [3.8, 4) is 6.07 Å². The third-order valence-corrected chi connectivity index (χ3v) is 3.61. The van der Waals surface area contributed by atoms with E-state index in [9.17, 15) is 4.79 Å². The van der Waals surface area contributed by atoms with Crippen LogP contribution in [0.25, 0.3) is 0 Å². The van der Waals surface area contributed by atoms with Crippen LogP contribution in [0.4, 0.5) is 10.6 Å². The van der Waals surface area contributed by atoms with Gasteiger partial charge in [0.1, 0.15) is 29.4 Å². The molecule has 1 unspecified atom stereocenters. The SMILES string of the molecule is CC(C)(C)OC(=O)N1CCCC(Nc2ncnc(Cl)c2C#N)C1. The summed E-state index contributed by atoms with van der Waals surface area (Å²) in [7, 11) is 0. The standard InChI is InChI=1S/C15H20ClN5O2/c1-15(2,3)23-14(22)21-6-4-5-10(8-21)20-13-11(7-17)12(16)18-9-19-13/h9-10H,4-6,8H2,1-3H3,(H,18,19,20). The number of anilines is 1. The number of nitrogens with zero attached hydrogens (tertiary/aromatic N) is 4. The summed E-state index contributed by atoms with van der Waals surface area (Å²) < 4.78 is 5.40. The molecule has 0 aromatic carbocycles. The maximum atomic E-state index is 12.2. The number of amides is 1. The van der Waals surface area contributed by atoms with Crippen LogP contribution in [-0.4, -0.2) is 45.7 Å². The van der Waals surface area contributed by atoms with Gasteiger partial charge in [-0.05, 0) is 33.6 Å². The highest BCUT2D eigenvalue weighted by Gasteiger charge is 2.28. The molecule has 0 aliphatic carbocycles. The van der Waals surface area contributed by atoms with Crippen LogP contribution < -0.4 is 5.32 Å². The van der Waals surface area contributed by atoms with E-state index in [0.29, 0.717) is 18.9 Å². The minimum absolute atomic E-state index is 0.0191. The van der Waals surface area contributed by atoms with Crippen molar-refractivity contribution < 1.29 is 9.53 Å². The number of nitrogens with one attached hydrogen (secondary N) is 1. The van der Waals surface area contributed by atoms with Gasteiger partial charge in [0.05, 0.1) is 0 Å². The molecule has 2 rings (SSSR count). The van der Waals surface area contributed by atoms with Gasteiger partial charge in [-0.15, -0.1) is 0 Å². The van der Waals surface area contributed by atoms with Crippen molar-refractivity contribution in [2.75, 3.05) is 18.4 Å². The van der Waals surface area contributed by atoms with Crippen LogP contribution in [0.3, 0.4) is 0 Å². The number of nitriles is 1. The summed E-state index contributed by atoms with van der Waals surface area (Å²) in [6.45, 7) is 6.66. The first-order valence-corrected chi connectivity index (χ1v) is 7.83. The molecule has 1 N–H and O–H groups in total. The Balaban J connectivity index is 2.04. The summed E-state index contributed by atoms with van der Waals surface area (Å²) in [6.07, 6.45) is 2.69. The summed E-state index contributed by atoms with van der Waals surface area (Å²) in [5.74, 6) is 0.392. The molecule has 23 heavy (non-hydrogen) atoms. The molecule has 7 nitrogen and oxygen atoms in total. The molecule has 0 spiro atoms. The molecular formula is C15H20ClN5O2. The van der Waals surface area contributed by atoms with Gasteiger partial charge in [0.15, 0.2) is 5.15 Å². The molecule has 1 aromatic rings. The summed E-state index contributed by atoms with van der Waals surface area (Å²) in [5, 5.41) is 12.5. The van der Waals surface area contributed by atoms with Gasteiger partial charge in [0.2, 0.25) is 0 Å². The minimum Gasteiger partial charge on any atom is -0.444 e. The van der Waals surface area contributed by atoms with Crippen molar-refractivity contribution in [1.82, 2.24) is 14.9 Å². The average Bonchev–Trinajstić information content (AvgIpc) is 2.46. The average molecular weight is 338 g/mol. The highest BCUT2D eigenvalue weighted by Crippen LogP contribution is 2.22. The Morgan fingerprint density at radius 2 is 2.26 bits per heavy atom. The Morgan fingerprint density at radius 1 is 1.52 bits per heavy atom. The molecule has 1 atom stereocenters. The van der Waals surface area contributed by atoms with Crippen LogP contribution in [0, 0.1) is 11.3 Å². The number of carbonyl (C=O) groups is 1. The van der Waals surface area contributed by atoms with Crippen LogP contribution in [0.5, 0.6) is 0 Å². The minimum atomic E-state index is -0.522. The van der Waals surface area contributed by atoms with Gasteiger partial charge < -0.3 is 15.0 Å². The monoisotopic (exact) mass is 337 g/mol. The maximum Gasteiger partial charge on any atom is 0.410 e. The van der Waals surface area contributed by atoms with E-state index in [2.05, 4.69) is 15.3 Å². The molecule has 2 heterocycles. The molecule has 1 amide bonds. The smallest absolute Gasteiger partial charge is 0.410 e. The van der Waals surface area contributed by atoms with Gasteiger partial charge in [-0.1, -0.05) is 11.6 Å². The zero-order chi connectivity index (χ0) is 17.0. The Labute approximate surface area is 140 Å². The molecule has 8 heteroatoms. The molecule has 0 bridgehead atoms. The number of piperidine rings is 1. The fourth-order valence-corrected chi connectivity index (χ4v) is 2.53. The van der Waals surface area contributed by atoms with Gasteiger partial charge in [-0.2, -0.15) is 5.26 Å². The summed E-state index contributed by atoms with van der Waals surface area (Å²) in [5.41, 5.74) is -0.311. The molecule has 0 radical (unpaired) electrons. The second-order valence-corrected chi connectivity index (χ2v) is 6.77. The van der Waals surface area contributed by atoms with E-state index in [-0.39, 0.29) is 22.9 Å². The number of likely N-dealkylation sites (tertiary alicyclic amines) is 1. The zero-order valence-corrected chi connectivity index (χ0v) is 14.2. The van der Waals surface area contributed by atoms with Crippen molar-refractivity contribution >= 4 is 23.5 Å². The maximum absolute atomic E-state index is 12.2. The topological polar surface area (TPSA) is 91.1 Å². The van der Waals surface area contributed by atoms with E-state index >= 15 is 0 Å². The Bertz CT molecular complexity index is 623. The lowest BCUT2D eigenvalue weighted by molar-refractivity contribution is 0.0206. The van der Waals surface area contributed by atoms with E-state index in [0.717, 1.165) is 12.8 Å². The van der Waals surface area contributed by atoms with Crippen molar-refractivity contribution in [3.05, 3.63) is 17.0 Å². The Kier molecular flexibility index (Phi) is 5.26. The fourth-order valence-electron chi connectivity index (χ4n) is 2.35. The molecule has 0 saturated carbocycles. The summed E-state index contributed by atoms with van der Waals surface area (Å²) in [6, 6.07) is 1.97. The van der Waals surface area contributed by atoms with Gasteiger partial charge in [0, 0.05) is 19.1 Å². The lowest BCUT2D eigenvalue weighted by Gasteiger charge is -2.34. The Hall–Kier alpha value is -2.07. The third kappa shape index (κ3) is 4.70. The second kappa shape index (κ2) is 7.01. The lowest BCUT2D eigenvalue weighted by Crippen LogP contribution is -2.47. The number of halogens is 1. The van der Waals surface area contributed by atoms with Gasteiger partial charge >= 0.3 is 6.09 Å². The van der Waals surface area contributed by atoms with Crippen LogP contribution in [0.1, 0.15) is 39.2 Å². The normalized spacial score (nSPS) is 18.2. The van der Waals surface area contributed by atoms with Crippen molar-refractivity contribution in [2.45, 2.75) is 45.3 Å². The van der Waals surface area contributed by atoms with Gasteiger partial charge in [0.25, 0.3) is 0 Å². The molecule has 1 saturated heterocycles. The number of carbonyl (C=O) groups excluding carboxylic acids is 1. The van der Waals surface area contributed by atoms with E-state index < -0.39 is 5.60 Å². The Morgan fingerprint density at radius 3 is 2.91 bits per heavy atom. The largest absolute Gasteiger partial charge is 0.444 e. The van der Waals surface area contributed by atoms with Crippen LogP contribution in [0.15, 0.2) is 6.33 Å². The van der Waals surface area contributed by atoms with E-state index in [1.54, 1.807) is 4.90 Å². The molecule has 1 aliphatic heterocycles. The molecule has 1 aliphatic rings. The van der Waals surface area contributed by atoms with Crippen LogP contribution in [-0.2, 0) is 4.74 Å². The first-order chi connectivity index (χ1) is 10.8. The highest BCUT2D eigenvalue weighted by molar-refractivity contribution is 6.30. The summed E-state index contributed by atoms with van der Waals surface area (Å²) >= 11 is 5.90. The van der Waals surface area contributed by atoms with Crippen molar-refractivity contribution in [3.63, 3.8) is 0 Å². The van der Waals surface area contributed by atoms with Crippen molar-refractivity contribution in [2.24, 2.45) is 0 Å². The number of hydrogen-bond acceptors (Lipinski definition) is 6. The summed E-state index contributed by atoms with van der Waals surface area (Å²) in [4.78, 5) is 21.7. The third-order valence-electron chi connectivity index (χ3n) is 3.33. The quantitative estimate of drug-likeness (QED) is 0.834. The number of hydrogen-bond donors (Lipinski definition) is 1. The number of ether oxygens (including phenoxy) is 1. The number of rotatable bonds is 2. The molecular weight excluding hydrogens is 318 g/mol. The lowest BCUT2D eigenvalue weighted by atomic mass is 10.1. The molecule has 124 valence electrons. The van der Waals surface area contributed by atoms with E-state index in [1.165, 1.54) is 6.33 Å². The van der Waals surface area contributed by atoms with Crippen LogP contribution >= 0.6 is 11.6 Å². The zero-order valence-electron chi connectivity index (χ0n) is 13.5. The van der Waals surface area contributed by atoms with E-state index in [4.69, 9.17) is 21.6 Å². The second-order valence-electron chi connectivity index (χ2n) is 6.41. The molecule has 1 fully saturated rings. The first kappa shape index (κ1) is 17.3. The van der Waals surface area contributed by atoms with Gasteiger partial charge in [-0.3, -0.25) is 0 Å². The van der Waals surface area contributed by atoms with Crippen LogP contribution in [0.2, 0.25) is 5.15 Å². The molecule has 1 aromatic heterocycles. The fraction of sp³-hybridized carbons (Fsp3) is 0.600. The van der Waals surface area contributed by atoms with Crippen molar-refractivity contribution in [1.29, 1.82) is 5.26 Å². The number of aromatic nitrogens is 2.